The standard InChI is InChI=1S/C15H20ClN3O/c1-9(2)14-18-13(16)11(4)15(19-14)17-10(3)8-12-6-5-7-20-12/h5-7,9-10H,8H2,1-4H3,(H,17,18,19). The number of rotatable bonds is 5. The largest absolute Gasteiger partial charge is 0.469 e. The second-order valence-corrected chi connectivity index (χ2v) is 5.69. The number of nitrogens with zero attached hydrogens (tertiary/aromatic N) is 2. The third-order valence-electron chi connectivity index (χ3n) is 3.09. The van der Waals surface area contributed by atoms with E-state index in [1.807, 2.05) is 19.1 Å². The van der Waals surface area contributed by atoms with Gasteiger partial charge in [0.15, 0.2) is 0 Å². The summed E-state index contributed by atoms with van der Waals surface area (Å²) in [5.74, 6) is 2.75. The highest BCUT2D eigenvalue weighted by molar-refractivity contribution is 6.30. The lowest BCUT2D eigenvalue weighted by atomic mass is 10.1. The molecule has 108 valence electrons. The van der Waals surface area contributed by atoms with E-state index < -0.39 is 0 Å². The molecule has 20 heavy (non-hydrogen) atoms. The smallest absolute Gasteiger partial charge is 0.137 e. The number of anilines is 1. The second-order valence-electron chi connectivity index (χ2n) is 5.33. The van der Waals surface area contributed by atoms with E-state index in [-0.39, 0.29) is 12.0 Å². The molecule has 0 amide bonds. The van der Waals surface area contributed by atoms with E-state index in [0.717, 1.165) is 29.4 Å². The number of hydrogen-bond acceptors (Lipinski definition) is 4. The zero-order valence-electron chi connectivity index (χ0n) is 12.3. The van der Waals surface area contributed by atoms with E-state index in [1.165, 1.54) is 0 Å². The van der Waals surface area contributed by atoms with Crippen LogP contribution in [0.3, 0.4) is 0 Å². The first-order valence-corrected chi connectivity index (χ1v) is 7.18. The fourth-order valence-corrected chi connectivity index (χ4v) is 2.10. The molecule has 0 saturated carbocycles. The Hall–Kier alpha value is -1.55. The van der Waals surface area contributed by atoms with Crippen molar-refractivity contribution in [3.05, 3.63) is 40.7 Å². The summed E-state index contributed by atoms with van der Waals surface area (Å²) in [6, 6.07) is 4.06. The van der Waals surface area contributed by atoms with Gasteiger partial charge in [0.2, 0.25) is 0 Å². The lowest BCUT2D eigenvalue weighted by Crippen LogP contribution is -2.20. The molecule has 1 N–H and O–H groups in total. The second kappa shape index (κ2) is 6.27. The number of hydrogen-bond donors (Lipinski definition) is 1. The van der Waals surface area contributed by atoms with Crippen molar-refractivity contribution in [2.75, 3.05) is 5.32 Å². The minimum absolute atomic E-state index is 0.200. The van der Waals surface area contributed by atoms with Gasteiger partial charge < -0.3 is 9.73 Å². The SMILES string of the molecule is Cc1c(Cl)nc(C(C)C)nc1NC(C)Cc1ccco1. The van der Waals surface area contributed by atoms with Gasteiger partial charge in [-0.05, 0) is 26.0 Å². The number of halogens is 1. The van der Waals surface area contributed by atoms with Crippen LogP contribution in [0.1, 0.15) is 43.8 Å². The number of nitrogens with one attached hydrogen (secondary N) is 1. The summed E-state index contributed by atoms with van der Waals surface area (Å²) in [7, 11) is 0. The molecule has 0 radical (unpaired) electrons. The van der Waals surface area contributed by atoms with E-state index in [0.29, 0.717) is 5.15 Å². The maximum absolute atomic E-state index is 6.18. The van der Waals surface area contributed by atoms with Gasteiger partial charge in [0, 0.05) is 23.9 Å². The van der Waals surface area contributed by atoms with Crippen LogP contribution in [0.25, 0.3) is 0 Å². The van der Waals surface area contributed by atoms with E-state index >= 15 is 0 Å². The monoisotopic (exact) mass is 293 g/mol. The van der Waals surface area contributed by atoms with Gasteiger partial charge in [0.25, 0.3) is 0 Å². The van der Waals surface area contributed by atoms with Crippen LogP contribution >= 0.6 is 11.6 Å². The highest BCUT2D eigenvalue weighted by Gasteiger charge is 2.14. The summed E-state index contributed by atoms with van der Waals surface area (Å²) >= 11 is 6.18. The molecule has 2 rings (SSSR count). The van der Waals surface area contributed by atoms with Crippen LogP contribution < -0.4 is 5.32 Å². The van der Waals surface area contributed by atoms with Gasteiger partial charge in [-0.3, -0.25) is 0 Å². The first kappa shape index (κ1) is 14.9. The molecular formula is C15H20ClN3O. The van der Waals surface area contributed by atoms with Gasteiger partial charge >= 0.3 is 0 Å². The van der Waals surface area contributed by atoms with E-state index in [4.69, 9.17) is 16.0 Å². The maximum Gasteiger partial charge on any atom is 0.137 e. The van der Waals surface area contributed by atoms with Gasteiger partial charge in [0.05, 0.1) is 6.26 Å². The normalized spacial score (nSPS) is 12.7. The molecule has 0 bridgehead atoms. The Morgan fingerprint density at radius 2 is 2.05 bits per heavy atom. The Morgan fingerprint density at radius 3 is 2.65 bits per heavy atom. The Morgan fingerprint density at radius 1 is 1.30 bits per heavy atom. The molecule has 2 aromatic heterocycles. The first-order valence-electron chi connectivity index (χ1n) is 6.80. The molecule has 0 aromatic carbocycles. The molecule has 2 aromatic rings. The fourth-order valence-electron chi connectivity index (χ4n) is 1.92. The van der Waals surface area contributed by atoms with Crippen molar-refractivity contribution in [1.29, 1.82) is 0 Å². The minimum Gasteiger partial charge on any atom is -0.469 e. The van der Waals surface area contributed by atoms with Crippen molar-refractivity contribution >= 4 is 17.4 Å². The Bertz CT molecular complexity index is 567. The highest BCUT2D eigenvalue weighted by Crippen LogP contribution is 2.23. The topological polar surface area (TPSA) is 51.0 Å². The average Bonchev–Trinajstić information content (AvgIpc) is 2.87. The first-order chi connectivity index (χ1) is 9.47. The van der Waals surface area contributed by atoms with Crippen molar-refractivity contribution in [2.24, 2.45) is 0 Å². The van der Waals surface area contributed by atoms with Gasteiger partial charge in [-0.1, -0.05) is 25.4 Å². The fraction of sp³-hybridized carbons (Fsp3) is 0.467. The van der Waals surface area contributed by atoms with Crippen LogP contribution in [-0.4, -0.2) is 16.0 Å². The molecule has 0 saturated heterocycles. The Kier molecular flexibility index (Phi) is 4.65. The van der Waals surface area contributed by atoms with Crippen LogP contribution in [0.2, 0.25) is 5.15 Å². The van der Waals surface area contributed by atoms with Crippen molar-refractivity contribution < 1.29 is 4.42 Å². The molecule has 0 fully saturated rings. The molecule has 2 heterocycles. The molecule has 1 atom stereocenters. The minimum atomic E-state index is 0.200. The third-order valence-corrected chi connectivity index (χ3v) is 3.46. The van der Waals surface area contributed by atoms with Gasteiger partial charge in [0.1, 0.15) is 22.6 Å². The van der Waals surface area contributed by atoms with Crippen LogP contribution in [-0.2, 0) is 6.42 Å². The van der Waals surface area contributed by atoms with E-state index in [9.17, 15) is 0 Å². The lowest BCUT2D eigenvalue weighted by molar-refractivity contribution is 0.497. The lowest BCUT2D eigenvalue weighted by Gasteiger charge is -2.17. The zero-order valence-corrected chi connectivity index (χ0v) is 13.0. The summed E-state index contributed by atoms with van der Waals surface area (Å²) in [6.45, 7) is 8.12. The third kappa shape index (κ3) is 3.51. The average molecular weight is 294 g/mol. The summed E-state index contributed by atoms with van der Waals surface area (Å²) in [5.41, 5.74) is 0.877. The quantitative estimate of drug-likeness (QED) is 0.840. The predicted octanol–water partition coefficient (Wildman–Crippen LogP) is 4.20. The van der Waals surface area contributed by atoms with Crippen LogP contribution in [0.4, 0.5) is 5.82 Å². The van der Waals surface area contributed by atoms with Crippen molar-refractivity contribution in [1.82, 2.24) is 9.97 Å². The van der Waals surface area contributed by atoms with Crippen molar-refractivity contribution in [3.63, 3.8) is 0 Å². The number of aromatic nitrogens is 2. The van der Waals surface area contributed by atoms with Gasteiger partial charge in [-0.2, -0.15) is 0 Å². The van der Waals surface area contributed by atoms with E-state index in [2.05, 4.69) is 36.1 Å². The van der Waals surface area contributed by atoms with E-state index in [1.54, 1.807) is 6.26 Å². The van der Waals surface area contributed by atoms with Crippen LogP contribution in [0.15, 0.2) is 22.8 Å². The van der Waals surface area contributed by atoms with Gasteiger partial charge in [-0.25, -0.2) is 9.97 Å². The van der Waals surface area contributed by atoms with Crippen LogP contribution in [0, 0.1) is 6.92 Å². The van der Waals surface area contributed by atoms with Crippen molar-refractivity contribution in [2.45, 2.75) is 46.1 Å². The Labute approximate surface area is 124 Å². The molecule has 5 heteroatoms. The van der Waals surface area contributed by atoms with Crippen molar-refractivity contribution in [3.8, 4) is 0 Å². The molecule has 0 aliphatic heterocycles. The maximum atomic E-state index is 6.18. The zero-order chi connectivity index (χ0) is 14.7. The molecule has 0 aliphatic carbocycles. The highest BCUT2D eigenvalue weighted by atomic mass is 35.5. The molecule has 1 unspecified atom stereocenters. The summed E-state index contributed by atoms with van der Waals surface area (Å²) in [6.07, 6.45) is 2.48. The van der Waals surface area contributed by atoms with Gasteiger partial charge in [-0.15, -0.1) is 0 Å². The summed E-state index contributed by atoms with van der Waals surface area (Å²) in [5, 5.41) is 3.90. The molecule has 0 spiro atoms. The Balaban J connectivity index is 2.15. The number of furan rings is 1. The predicted molar refractivity (Wildman–Crippen MR) is 81.4 cm³/mol. The summed E-state index contributed by atoms with van der Waals surface area (Å²) < 4.78 is 5.36. The molecular weight excluding hydrogens is 274 g/mol. The molecule has 0 aliphatic rings. The summed E-state index contributed by atoms with van der Waals surface area (Å²) in [4.78, 5) is 8.88. The van der Waals surface area contributed by atoms with Crippen LogP contribution in [0.5, 0.6) is 0 Å². The molecule has 4 nitrogen and oxygen atoms in total.